The van der Waals surface area contributed by atoms with Gasteiger partial charge in [-0.2, -0.15) is 0 Å². The third-order valence-electron chi connectivity index (χ3n) is 9.94. The summed E-state index contributed by atoms with van der Waals surface area (Å²) in [6.07, 6.45) is 9.72. The molecule has 3 aliphatic heterocycles. The van der Waals surface area contributed by atoms with E-state index in [9.17, 15) is 14.1 Å². The van der Waals surface area contributed by atoms with Crippen LogP contribution in [0.3, 0.4) is 0 Å². The number of aliphatic carboxylic acids is 1. The number of carboxylic acid groups (broad SMARTS) is 1. The number of nitrogens with zero attached hydrogens (tertiary/aromatic N) is 2. The average Bonchev–Trinajstić information content (AvgIpc) is 3.35. The van der Waals surface area contributed by atoms with Gasteiger partial charge in [0.05, 0.1) is 25.3 Å². The fourth-order valence-electron chi connectivity index (χ4n) is 7.61. The molecular weight excluding hydrogens is 580 g/mol. The van der Waals surface area contributed by atoms with Gasteiger partial charge >= 0.3 is 5.97 Å². The minimum atomic E-state index is -1.30. The average molecular weight is 623 g/mol. The van der Waals surface area contributed by atoms with Gasteiger partial charge in [-0.3, -0.25) is 9.10 Å². The number of hydrogen-bond donors (Lipinski definition) is 1. The number of allylic oxidation sites excluding steroid dienone is 3. The predicted molar refractivity (Wildman–Crippen MR) is 185 cm³/mol. The van der Waals surface area contributed by atoms with Crippen molar-refractivity contribution in [2.24, 2.45) is 5.41 Å². The lowest BCUT2D eigenvalue weighted by molar-refractivity contribution is -0.136. The fraction of sp³-hybridized carbons (Fsp3) is 0.342. The van der Waals surface area contributed by atoms with Crippen molar-refractivity contribution < 1.29 is 18.8 Å². The van der Waals surface area contributed by atoms with Crippen LogP contribution >= 0.6 is 0 Å². The van der Waals surface area contributed by atoms with Gasteiger partial charge in [-0.15, -0.1) is 0 Å². The number of anilines is 2. The third-order valence-corrected chi connectivity index (χ3v) is 10.9. The molecule has 1 spiro atoms. The van der Waals surface area contributed by atoms with Crippen LogP contribution in [-0.4, -0.2) is 41.2 Å². The Kier molecular flexibility index (Phi) is 8.25. The van der Waals surface area contributed by atoms with Crippen molar-refractivity contribution in [3.63, 3.8) is 0 Å². The molecule has 0 radical (unpaired) electrons. The van der Waals surface area contributed by atoms with E-state index in [1.165, 1.54) is 11.3 Å². The Morgan fingerprint density at radius 1 is 1.07 bits per heavy atom. The van der Waals surface area contributed by atoms with E-state index in [-0.39, 0.29) is 11.8 Å². The van der Waals surface area contributed by atoms with Crippen molar-refractivity contribution in [1.82, 2.24) is 0 Å². The van der Waals surface area contributed by atoms with Crippen molar-refractivity contribution in [2.45, 2.75) is 53.5 Å². The van der Waals surface area contributed by atoms with Crippen LogP contribution in [0.5, 0.6) is 0 Å². The normalized spacial score (nSPS) is 17.8. The van der Waals surface area contributed by atoms with Crippen LogP contribution in [0.2, 0.25) is 0 Å². The van der Waals surface area contributed by atoms with Gasteiger partial charge in [0, 0.05) is 41.6 Å². The number of hydrogen-bond acceptors (Lipinski definition) is 4. The Bertz CT molecular complexity index is 1780. The van der Waals surface area contributed by atoms with Gasteiger partial charge in [-0.1, -0.05) is 54.6 Å². The van der Waals surface area contributed by atoms with Crippen LogP contribution < -0.4 is 9.21 Å². The molecule has 0 saturated carbocycles. The first-order chi connectivity index (χ1) is 21.6. The number of ether oxygens (including phenoxy) is 1. The van der Waals surface area contributed by atoms with E-state index in [0.717, 1.165) is 87.4 Å². The molecule has 1 saturated heterocycles. The summed E-state index contributed by atoms with van der Waals surface area (Å²) in [5.74, 6) is 0.0289. The summed E-state index contributed by atoms with van der Waals surface area (Å²) in [5, 5.41) is 9.93. The molecule has 1 N–H and O–H groups in total. The molecule has 3 aliphatic rings. The summed E-state index contributed by atoms with van der Waals surface area (Å²) in [4.78, 5) is 14.6. The maximum absolute atomic E-state index is 13.3. The Hall–Kier alpha value is -4.10. The van der Waals surface area contributed by atoms with Crippen LogP contribution in [0, 0.1) is 26.2 Å². The topological polar surface area (TPSA) is 70.1 Å². The highest BCUT2D eigenvalue weighted by Gasteiger charge is 2.43. The van der Waals surface area contributed by atoms with E-state index >= 15 is 0 Å². The summed E-state index contributed by atoms with van der Waals surface area (Å²) in [6, 6.07) is 15.0. The second kappa shape index (κ2) is 12.0. The lowest BCUT2D eigenvalue weighted by Gasteiger charge is -2.41. The SMILES string of the molecule is C=CC1=C(/C=C\C)C2(CCN(c3ccc4c(c3)CN(S(C)=O)c3c(C)c(CC(=O)O)c(-c5ccc(C)cc5)c(C)c3-4)CC2)CO1. The summed E-state index contributed by atoms with van der Waals surface area (Å²) < 4.78 is 21.3. The molecule has 0 amide bonds. The molecular formula is C38H42N2O4S. The summed E-state index contributed by atoms with van der Waals surface area (Å²) >= 11 is 0. The van der Waals surface area contributed by atoms with Crippen molar-refractivity contribution in [3.8, 4) is 22.3 Å². The van der Waals surface area contributed by atoms with E-state index in [2.05, 4.69) is 79.9 Å². The van der Waals surface area contributed by atoms with Gasteiger partial charge in [-0.05, 0) is 97.7 Å². The quantitative estimate of drug-likeness (QED) is 0.291. The highest BCUT2D eigenvalue weighted by molar-refractivity contribution is 7.85. The number of carboxylic acids is 1. The molecule has 7 heteroatoms. The standard InChI is InChI=1S/C38H42N2O4S/c1-7-9-32-33(8-2)44-23-38(32)16-18-39(19-17-38)29-14-15-30-28(20-29)22-40(45(6)43)37-25(4)31(21-34(41)42)35(26(5)36(30)37)27-12-10-24(3)11-13-27/h7-15,20H,2,16-19,21-23H2,1,3-6H3,(H,41,42)/b9-7-. The second-order valence-electron chi connectivity index (χ2n) is 12.6. The van der Waals surface area contributed by atoms with E-state index in [1.807, 2.05) is 24.2 Å². The zero-order valence-corrected chi connectivity index (χ0v) is 27.7. The highest BCUT2D eigenvalue weighted by atomic mass is 32.2. The molecule has 1 fully saturated rings. The molecule has 3 heterocycles. The van der Waals surface area contributed by atoms with Crippen LogP contribution in [0.15, 0.2) is 78.6 Å². The smallest absolute Gasteiger partial charge is 0.307 e. The Labute approximate surface area is 269 Å². The first-order valence-corrected chi connectivity index (χ1v) is 17.2. The molecule has 0 aliphatic carbocycles. The van der Waals surface area contributed by atoms with Gasteiger partial charge < -0.3 is 14.7 Å². The summed E-state index contributed by atoms with van der Waals surface area (Å²) in [7, 11) is -1.30. The van der Waals surface area contributed by atoms with Crippen LogP contribution in [0.1, 0.15) is 47.6 Å². The van der Waals surface area contributed by atoms with Crippen molar-refractivity contribution in [1.29, 1.82) is 0 Å². The molecule has 0 aromatic heterocycles. The van der Waals surface area contributed by atoms with Crippen molar-refractivity contribution in [2.75, 3.05) is 35.2 Å². The summed E-state index contributed by atoms with van der Waals surface area (Å²) in [6.45, 7) is 15.2. The Morgan fingerprint density at radius 2 is 1.78 bits per heavy atom. The zero-order valence-electron chi connectivity index (χ0n) is 26.9. The first kappa shape index (κ1) is 30.9. The van der Waals surface area contributed by atoms with Gasteiger partial charge in [0.15, 0.2) is 0 Å². The highest BCUT2D eigenvalue weighted by Crippen LogP contribution is 2.51. The third kappa shape index (κ3) is 5.31. The van der Waals surface area contributed by atoms with Crippen molar-refractivity contribution in [3.05, 3.63) is 106 Å². The predicted octanol–water partition coefficient (Wildman–Crippen LogP) is 7.82. The number of piperidine rings is 1. The summed E-state index contributed by atoms with van der Waals surface area (Å²) in [5.41, 5.74) is 12.4. The van der Waals surface area contributed by atoms with E-state index < -0.39 is 17.0 Å². The number of rotatable bonds is 7. The Balaban J connectivity index is 1.43. The lowest BCUT2D eigenvalue weighted by Crippen LogP contribution is -2.41. The minimum absolute atomic E-state index is 0.0181. The molecule has 6 rings (SSSR count). The van der Waals surface area contributed by atoms with Gasteiger partial charge in [-0.25, -0.2) is 4.21 Å². The lowest BCUT2D eigenvalue weighted by atomic mass is 9.73. The van der Waals surface area contributed by atoms with Gasteiger partial charge in [0.1, 0.15) is 16.7 Å². The molecule has 45 heavy (non-hydrogen) atoms. The molecule has 3 aromatic rings. The molecule has 234 valence electrons. The molecule has 0 bridgehead atoms. The molecule has 1 atom stereocenters. The molecule has 3 aromatic carbocycles. The van der Waals surface area contributed by atoms with Gasteiger partial charge in [0.25, 0.3) is 0 Å². The Morgan fingerprint density at radius 3 is 2.40 bits per heavy atom. The van der Waals surface area contributed by atoms with Crippen molar-refractivity contribution >= 4 is 28.3 Å². The van der Waals surface area contributed by atoms with Crippen LogP contribution in [0.25, 0.3) is 22.3 Å². The number of carbonyl (C=O) groups is 1. The number of aryl methyl sites for hydroxylation is 1. The zero-order chi connectivity index (χ0) is 32.0. The largest absolute Gasteiger partial charge is 0.492 e. The second-order valence-corrected chi connectivity index (χ2v) is 13.9. The fourth-order valence-corrected chi connectivity index (χ4v) is 8.42. The van der Waals surface area contributed by atoms with E-state index in [1.54, 1.807) is 6.26 Å². The van der Waals surface area contributed by atoms with Gasteiger partial charge in [0.2, 0.25) is 0 Å². The van der Waals surface area contributed by atoms with E-state index in [4.69, 9.17) is 4.74 Å². The minimum Gasteiger partial charge on any atom is -0.492 e. The molecule has 1 unspecified atom stereocenters. The number of benzene rings is 3. The number of fused-ring (bicyclic) bond motifs is 3. The maximum atomic E-state index is 13.3. The molecule has 6 nitrogen and oxygen atoms in total. The maximum Gasteiger partial charge on any atom is 0.307 e. The van der Waals surface area contributed by atoms with Crippen LogP contribution in [-0.2, 0) is 33.5 Å². The van der Waals surface area contributed by atoms with E-state index in [0.29, 0.717) is 13.2 Å². The first-order valence-electron chi connectivity index (χ1n) is 15.7. The van der Waals surface area contributed by atoms with Crippen LogP contribution in [0.4, 0.5) is 11.4 Å². The monoisotopic (exact) mass is 622 g/mol.